The summed E-state index contributed by atoms with van der Waals surface area (Å²) in [6.45, 7) is 7.66. The Balaban J connectivity index is 2.94. The quantitative estimate of drug-likeness (QED) is 0.766. The summed E-state index contributed by atoms with van der Waals surface area (Å²) in [5, 5.41) is 18.0. The lowest BCUT2D eigenvalue weighted by molar-refractivity contribution is -0.131. The van der Waals surface area contributed by atoms with Crippen molar-refractivity contribution in [2.24, 2.45) is 0 Å². The van der Waals surface area contributed by atoms with Crippen molar-refractivity contribution in [1.29, 1.82) is 5.26 Å². The number of rotatable bonds is 3. The van der Waals surface area contributed by atoms with Gasteiger partial charge in [0.2, 0.25) is 0 Å². The lowest BCUT2D eigenvalue weighted by Gasteiger charge is -2.33. The molecule has 1 aliphatic heterocycles. The van der Waals surface area contributed by atoms with Gasteiger partial charge in [-0.3, -0.25) is 0 Å². The van der Waals surface area contributed by atoms with Gasteiger partial charge in [0.05, 0.1) is 18.8 Å². The largest absolute Gasteiger partial charge is 0.394 e. The fourth-order valence-corrected chi connectivity index (χ4v) is 2.27. The summed E-state index contributed by atoms with van der Waals surface area (Å²) in [4.78, 5) is 0. The topological polar surface area (TPSA) is 62.5 Å². The lowest BCUT2D eigenvalue weighted by Crippen LogP contribution is -2.47. The Labute approximate surface area is 90.8 Å². The lowest BCUT2D eigenvalue weighted by atomic mass is 9.83. The Morgan fingerprint density at radius 1 is 1.40 bits per heavy atom. The number of aliphatic hydroxyl groups excluding tert-OH is 1. The number of aliphatic hydroxyl groups is 1. The molecule has 1 N–H and O–H groups in total. The highest BCUT2D eigenvalue weighted by Gasteiger charge is 2.59. The number of hydrogen-bond acceptors (Lipinski definition) is 4. The highest BCUT2D eigenvalue weighted by Crippen LogP contribution is 2.46. The molecule has 0 spiro atoms. The SMILES string of the molecule is CC1(C)CC(C#N)(OCCO)C(C)(C)O1. The monoisotopic (exact) mass is 213 g/mol. The second-order valence-electron chi connectivity index (χ2n) is 5.06. The molecule has 0 amide bonds. The maximum atomic E-state index is 9.27. The Hall–Kier alpha value is -0.630. The van der Waals surface area contributed by atoms with Crippen LogP contribution in [0.25, 0.3) is 0 Å². The van der Waals surface area contributed by atoms with Crippen molar-refractivity contribution in [3.8, 4) is 6.07 Å². The summed E-state index contributed by atoms with van der Waals surface area (Å²) in [6.07, 6.45) is 0.517. The number of nitriles is 1. The van der Waals surface area contributed by atoms with Gasteiger partial charge in [-0.15, -0.1) is 0 Å². The van der Waals surface area contributed by atoms with E-state index in [0.717, 1.165) is 0 Å². The molecule has 1 aliphatic rings. The number of nitrogens with zero attached hydrogens (tertiary/aromatic N) is 1. The fraction of sp³-hybridized carbons (Fsp3) is 0.909. The maximum Gasteiger partial charge on any atom is 0.185 e. The zero-order chi connectivity index (χ0) is 11.7. The first kappa shape index (κ1) is 12.4. The minimum absolute atomic E-state index is 0.0834. The molecule has 4 heteroatoms. The summed E-state index contributed by atoms with van der Waals surface area (Å²) in [5.74, 6) is 0. The Kier molecular flexibility index (Phi) is 3.11. The van der Waals surface area contributed by atoms with Crippen molar-refractivity contribution in [3.05, 3.63) is 0 Å². The van der Waals surface area contributed by atoms with Crippen LogP contribution in [0.1, 0.15) is 34.1 Å². The summed E-state index contributed by atoms with van der Waals surface area (Å²) in [5.41, 5.74) is -1.98. The van der Waals surface area contributed by atoms with Crippen molar-refractivity contribution in [1.82, 2.24) is 0 Å². The van der Waals surface area contributed by atoms with Gasteiger partial charge in [-0.2, -0.15) is 5.26 Å². The first-order chi connectivity index (χ1) is 6.79. The van der Waals surface area contributed by atoms with Gasteiger partial charge in [-0.05, 0) is 27.7 Å². The molecule has 0 saturated carbocycles. The second-order valence-corrected chi connectivity index (χ2v) is 5.06. The Bertz CT molecular complexity index is 280. The van der Waals surface area contributed by atoms with Crippen molar-refractivity contribution >= 4 is 0 Å². The fourth-order valence-electron chi connectivity index (χ4n) is 2.27. The van der Waals surface area contributed by atoms with Crippen LogP contribution in [-0.2, 0) is 9.47 Å². The summed E-state index contributed by atoms with van der Waals surface area (Å²) < 4.78 is 11.3. The van der Waals surface area contributed by atoms with Gasteiger partial charge in [0.15, 0.2) is 5.60 Å². The molecule has 1 saturated heterocycles. The van der Waals surface area contributed by atoms with Crippen molar-refractivity contribution in [2.45, 2.75) is 50.9 Å². The van der Waals surface area contributed by atoms with Gasteiger partial charge in [0.25, 0.3) is 0 Å². The first-order valence-corrected chi connectivity index (χ1v) is 5.15. The van der Waals surface area contributed by atoms with E-state index in [1.165, 1.54) is 0 Å². The standard InChI is InChI=1S/C11H19NO3/c1-9(2)7-11(8-12,14-6-5-13)10(3,4)15-9/h13H,5-7H2,1-4H3. The van der Waals surface area contributed by atoms with Gasteiger partial charge in [-0.1, -0.05) is 0 Å². The number of hydrogen-bond donors (Lipinski definition) is 1. The van der Waals surface area contributed by atoms with Crippen LogP contribution >= 0.6 is 0 Å². The Morgan fingerprint density at radius 2 is 2.00 bits per heavy atom. The summed E-state index contributed by atoms with van der Waals surface area (Å²) >= 11 is 0. The van der Waals surface area contributed by atoms with E-state index in [1.54, 1.807) is 0 Å². The molecule has 15 heavy (non-hydrogen) atoms. The van der Waals surface area contributed by atoms with E-state index in [4.69, 9.17) is 14.6 Å². The zero-order valence-electron chi connectivity index (χ0n) is 9.83. The van der Waals surface area contributed by atoms with Crippen LogP contribution in [0.4, 0.5) is 0 Å². The first-order valence-electron chi connectivity index (χ1n) is 5.15. The summed E-state index contributed by atoms with van der Waals surface area (Å²) in [6, 6.07) is 2.20. The molecule has 4 nitrogen and oxygen atoms in total. The molecule has 1 unspecified atom stereocenters. The smallest absolute Gasteiger partial charge is 0.185 e. The molecule has 0 radical (unpaired) electrons. The second kappa shape index (κ2) is 3.75. The molecular formula is C11H19NO3. The molecule has 0 bridgehead atoms. The van der Waals surface area contributed by atoms with Crippen molar-refractivity contribution < 1.29 is 14.6 Å². The van der Waals surface area contributed by atoms with Crippen LogP contribution in [0, 0.1) is 11.3 Å². The average molecular weight is 213 g/mol. The Morgan fingerprint density at radius 3 is 2.33 bits per heavy atom. The van der Waals surface area contributed by atoms with E-state index in [2.05, 4.69) is 6.07 Å². The molecule has 1 fully saturated rings. The van der Waals surface area contributed by atoms with E-state index >= 15 is 0 Å². The molecule has 1 atom stereocenters. The van der Waals surface area contributed by atoms with Crippen molar-refractivity contribution in [2.75, 3.05) is 13.2 Å². The summed E-state index contributed by atoms with van der Waals surface area (Å²) in [7, 11) is 0. The molecule has 86 valence electrons. The van der Waals surface area contributed by atoms with E-state index in [0.29, 0.717) is 6.42 Å². The van der Waals surface area contributed by atoms with Crippen LogP contribution in [-0.4, -0.2) is 35.1 Å². The predicted octanol–water partition coefficient (Wildman–Crippen LogP) is 1.24. The van der Waals surface area contributed by atoms with Gasteiger partial charge in [0, 0.05) is 6.42 Å². The van der Waals surface area contributed by atoms with Crippen LogP contribution < -0.4 is 0 Å². The predicted molar refractivity (Wildman–Crippen MR) is 55.2 cm³/mol. The molecule has 1 heterocycles. The van der Waals surface area contributed by atoms with E-state index in [-0.39, 0.29) is 18.8 Å². The molecule has 1 rings (SSSR count). The van der Waals surface area contributed by atoms with Crippen LogP contribution in [0.3, 0.4) is 0 Å². The average Bonchev–Trinajstić information content (AvgIpc) is 2.28. The molecule has 0 aliphatic carbocycles. The third-order valence-corrected chi connectivity index (χ3v) is 2.80. The minimum Gasteiger partial charge on any atom is -0.394 e. The third-order valence-electron chi connectivity index (χ3n) is 2.80. The zero-order valence-corrected chi connectivity index (χ0v) is 9.83. The van der Waals surface area contributed by atoms with Gasteiger partial charge >= 0.3 is 0 Å². The van der Waals surface area contributed by atoms with Crippen LogP contribution in [0.2, 0.25) is 0 Å². The van der Waals surface area contributed by atoms with Crippen LogP contribution in [0.15, 0.2) is 0 Å². The van der Waals surface area contributed by atoms with E-state index < -0.39 is 11.2 Å². The third kappa shape index (κ3) is 2.15. The van der Waals surface area contributed by atoms with Crippen molar-refractivity contribution in [3.63, 3.8) is 0 Å². The van der Waals surface area contributed by atoms with Gasteiger partial charge in [-0.25, -0.2) is 0 Å². The molecule has 0 aromatic rings. The minimum atomic E-state index is -0.959. The van der Waals surface area contributed by atoms with E-state index in [1.807, 2.05) is 27.7 Å². The normalized spacial score (nSPS) is 32.5. The van der Waals surface area contributed by atoms with E-state index in [9.17, 15) is 5.26 Å². The van der Waals surface area contributed by atoms with Crippen LogP contribution in [0.5, 0.6) is 0 Å². The molecule has 0 aromatic heterocycles. The highest BCUT2D eigenvalue weighted by molar-refractivity contribution is 5.19. The molecule has 0 aromatic carbocycles. The van der Waals surface area contributed by atoms with Gasteiger partial charge < -0.3 is 14.6 Å². The maximum absolute atomic E-state index is 9.27. The highest BCUT2D eigenvalue weighted by atomic mass is 16.6. The molecular weight excluding hydrogens is 194 g/mol. The number of ether oxygens (including phenoxy) is 2. The van der Waals surface area contributed by atoms with Gasteiger partial charge in [0.1, 0.15) is 11.7 Å².